The second-order valence-corrected chi connectivity index (χ2v) is 12.3. The van der Waals surface area contributed by atoms with Crippen molar-refractivity contribution in [2.75, 3.05) is 23.4 Å². The summed E-state index contributed by atoms with van der Waals surface area (Å²) in [4.78, 5) is 15.8. The van der Waals surface area contributed by atoms with E-state index < -0.39 is 5.60 Å². The van der Waals surface area contributed by atoms with Crippen LogP contribution in [0.2, 0.25) is 0 Å². The van der Waals surface area contributed by atoms with E-state index in [-0.39, 0.29) is 5.97 Å². The summed E-state index contributed by atoms with van der Waals surface area (Å²) in [6.45, 7) is 7.99. The Morgan fingerprint density at radius 2 is 1.47 bits per heavy atom. The third-order valence-electron chi connectivity index (χ3n) is 9.06. The Hall–Kier alpha value is -5.23. The summed E-state index contributed by atoms with van der Waals surface area (Å²) in [5, 5.41) is 3.56. The van der Waals surface area contributed by atoms with Crippen molar-refractivity contribution in [2.45, 2.75) is 52.1 Å². The van der Waals surface area contributed by atoms with Gasteiger partial charge >= 0.3 is 5.97 Å². The lowest BCUT2D eigenvalue weighted by atomic mass is 9.77. The number of nitrogens with zero attached hydrogens (tertiary/aromatic N) is 1. The molecular weight excluding hydrogens is 584 g/mol. The highest BCUT2D eigenvalue weighted by Gasteiger charge is 2.53. The van der Waals surface area contributed by atoms with Gasteiger partial charge in [0.1, 0.15) is 17.2 Å². The summed E-state index contributed by atoms with van der Waals surface area (Å²) in [6.07, 6.45) is 4.23. The highest BCUT2D eigenvalue weighted by Crippen LogP contribution is 2.57. The number of esters is 1. The number of carbonyl (C=O) groups is 1. The molecular formula is C41H40N2O4. The quantitative estimate of drug-likeness (QED) is 0.117. The fraction of sp³-hybridized carbons (Fsp3) is 0.244. The Morgan fingerprint density at radius 3 is 2.26 bits per heavy atom. The molecule has 0 radical (unpaired) electrons. The van der Waals surface area contributed by atoms with Crippen LogP contribution in [0.25, 0.3) is 0 Å². The molecule has 0 amide bonds. The molecule has 2 heterocycles. The van der Waals surface area contributed by atoms with Crippen molar-refractivity contribution in [3.8, 4) is 17.2 Å². The SMILES string of the molecule is CCCCOc1ccc(N(CCCC)c2ccc3c(c2)Oc2cc(C)c(Nc4ccccc4)cc2C32OC(=O)c3ccccc32)cc1. The topological polar surface area (TPSA) is 60.0 Å². The zero-order valence-corrected chi connectivity index (χ0v) is 27.2. The first-order valence-corrected chi connectivity index (χ1v) is 16.6. The molecule has 2 aliphatic rings. The number of hydrogen-bond acceptors (Lipinski definition) is 6. The second kappa shape index (κ2) is 12.9. The molecule has 0 saturated heterocycles. The Labute approximate surface area is 276 Å². The van der Waals surface area contributed by atoms with Crippen molar-refractivity contribution in [3.63, 3.8) is 0 Å². The third-order valence-corrected chi connectivity index (χ3v) is 9.06. The van der Waals surface area contributed by atoms with Gasteiger partial charge in [0.25, 0.3) is 0 Å². The van der Waals surface area contributed by atoms with Crippen molar-refractivity contribution in [1.29, 1.82) is 0 Å². The number of para-hydroxylation sites is 1. The van der Waals surface area contributed by atoms with E-state index in [0.717, 1.165) is 89.6 Å². The van der Waals surface area contributed by atoms with Crippen LogP contribution in [0.4, 0.5) is 22.7 Å². The summed E-state index contributed by atoms with van der Waals surface area (Å²) in [7, 11) is 0. The number of fused-ring (bicyclic) bond motifs is 6. The minimum atomic E-state index is -1.15. The van der Waals surface area contributed by atoms with Gasteiger partial charge in [-0.3, -0.25) is 0 Å². The number of hydrogen-bond donors (Lipinski definition) is 1. The standard InChI is InChI=1S/C41H40N2O4/c1-4-6-23-43(30-17-20-32(21-18-30)45-24-7-5-2)31-19-22-35-39(26-31)46-38-25-28(3)37(42-29-13-9-8-10-14-29)27-36(38)41(35)34-16-12-11-15-33(34)40(44)47-41/h8-22,25-27,42H,4-7,23-24H2,1-3H3. The van der Waals surface area contributed by atoms with E-state index in [1.807, 2.05) is 72.8 Å². The van der Waals surface area contributed by atoms with Crippen LogP contribution in [-0.4, -0.2) is 19.1 Å². The summed E-state index contributed by atoms with van der Waals surface area (Å²) in [5.41, 5.74) is 6.84. The number of anilines is 4. The molecule has 5 aromatic rings. The molecule has 7 rings (SSSR count). The molecule has 5 aromatic carbocycles. The van der Waals surface area contributed by atoms with Crippen LogP contribution in [0.1, 0.15) is 72.1 Å². The average molecular weight is 625 g/mol. The maximum Gasteiger partial charge on any atom is 0.340 e. The highest BCUT2D eigenvalue weighted by molar-refractivity contribution is 5.97. The van der Waals surface area contributed by atoms with E-state index in [1.165, 1.54) is 0 Å². The van der Waals surface area contributed by atoms with Gasteiger partial charge in [-0.05, 0) is 92.1 Å². The Morgan fingerprint density at radius 1 is 0.745 bits per heavy atom. The first-order valence-electron chi connectivity index (χ1n) is 16.6. The van der Waals surface area contributed by atoms with E-state index in [1.54, 1.807) is 0 Å². The predicted molar refractivity (Wildman–Crippen MR) is 188 cm³/mol. The van der Waals surface area contributed by atoms with Crippen LogP contribution in [0.15, 0.2) is 109 Å². The highest BCUT2D eigenvalue weighted by atomic mass is 16.6. The molecule has 238 valence electrons. The van der Waals surface area contributed by atoms with Crippen molar-refractivity contribution >= 4 is 28.7 Å². The molecule has 0 aromatic heterocycles. The summed E-state index contributed by atoms with van der Waals surface area (Å²) >= 11 is 0. The van der Waals surface area contributed by atoms with Crippen molar-refractivity contribution in [1.82, 2.24) is 0 Å². The van der Waals surface area contributed by atoms with E-state index in [4.69, 9.17) is 14.2 Å². The largest absolute Gasteiger partial charge is 0.494 e. The van der Waals surface area contributed by atoms with Crippen LogP contribution >= 0.6 is 0 Å². The van der Waals surface area contributed by atoms with Gasteiger partial charge in [-0.15, -0.1) is 0 Å². The van der Waals surface area contributed by atoms with Gasteiger partial charge in [0, 0.05) is 52.1 Å². The number of unbranched alkanes of at least 4 members (excludes halogenated alkanes) is 2. The molecule has 0 aliphatic carbocycles. The zero-order valence-electron chi connectivity index (χ0n) is 27.2. The molecule has 1 spiro atoms. The number of ether oxygens (including phenoxy) is 3. The van der Waals surface area contributed by atoms with Crippen molar-refractivity contribution in [2.24, 2.45) is 0 Å². The third kappa shape index (κ3) is 5.58. The van der Waals surface area contributed by atoms with Gasteiger partial charge in [0.05, 0.1) is 12.2 Å². The molecule has 6 nitrogen and oxygen atoms in total. The van der Waals surface area contributed by atoms with Gasteiger partial charge in [0.2, 0.25) is 0 Å². The molecule has 47 heavy (non-hydrogen) atoms. The van der Waals surface area contributed by atoms with Gasteiger partial charge in [-0.2, -0.15) is 0 Å². The smallest absolute Gasteiger partial charge is 0.340 e. The van der Waals surface area contributed by atoms with Crippen molar-refractivity contribution in [3.05, 3.63) is 137 Å². The summed E-state index contributed by atoms with van der Waals surface area (Å²) < 4.78 is 19.2. The monoisotopic (exact) mass is 624 g/mol. The first kappa shape index (κ1) is 30.4. The molecule has 2 aliphatic heterocycles. The molecule has 6 heteroatoms. The number of carbonyl (C=O) groups excluding carboxylic acids is 1. The molecule has 0 fully saturated rings. The maximum absolute atomic E-state index is 13.5. The lowest BCUT2D eigenvalue weighted by Gasteiger charge is -2.38. The molecule has 1 atom stereocenters. The van der Waals surface area contributed by atoms with Crippen LogP contribution < -0.4 is 19.7 Å². The zero-order chi connectivity index (χ0) is 32.4. The Kier molecular flexibility index (Phi) is 8.33. The minimum absolute atomic E-state index is 0.340. The molecule has 1 N–H and O–H groups in total. The fourth-order valence-electron chi connectivity index (χ4n) is 6.57. The normalized spacial score (nSPS) is 15.7. The Bertz CT molecular complexity index is 1900. The van der Waals surface area contributed by atoms with Crippen LogP contribution in [0, 0.1) is 6.92 Å². The predicted octanol–water partition coefficient (Wildman–Crippen LogP) is 10.4. The summed E-state index contributed by atoms with van der Waals surface area (Å²) in [6, 6.07) is 36.4. The number of rotatable bonds is 11. The first-order chi connectivity index (χ1) is 23.0. The van der Waals surface area contributed by atoms with E-state index in [9.17, 15) is 4.79 Å². The second-order valence-electron chi connectivity index (χ2n) is 12.3. The van der Waals surface area contributed by atoms with Crippen LogP contribution in [0.5, 0.6) is 17.2 Å². The summed E-state index contributed by atoms with van der Waals surface area (Å²) in [5.74, 6) is 1.88. The van der Waals surface area contributed by atoms with Gasteiger partial charge in [0.15, 0.2) is 5.60 Å². The lowest BCUT2D eigenvalue weighted by molar-refractivity contribution is 0.0224. The maximum atomic E-state index is 13.5. The van der Waals surface area contributed by atoms with Crippen LogP contribution in [0.3, 0.4) is 0 Å². The van der Waals surface area contributed by atoms with Gasteiger partial charge < -0.3 is 24.4 Å². The lowest BCUT2D eigenvalue weighted by Crippen LogP contribution is -2.33. The molecule has 1 unspecified atom stereocenters. The minimum Gasteiger partial charge on any atom is -0.494 e. The van der Waals surface area contributed by atoms with Crippen LogP contribution in [-0.2, 0) is 10.3 Å². The molecule has 0 bridgehead atoms. The molecule has 0 saturated carbocycles. The van der Waals surface area contributed by atoms with E-state index in [2.05, 4.69) is 67.4 Å². The average Bonchev–Trinajstić information content (AvgIpc) is 3.39. The van der Waals surface area contributed by atoms with Gasteiger partial charge in [-0.1, -0.05) is 63.1 Å². The Balaban J connectivity index is 1.33. The van der Waals surface area contributed by atoms with Gasteiger partial charge in [-0.25, -0.2) is 4.79 Å². The number of nitrogens with one attached hydrogen (secondary N) is 1. The number of benzene rings is 5. The van der Waals surface area contributed by atoms with E-state index in [0.29, 0.717) is 17.1 Å². The number of aryl methyl sites for hydroxylation is 1. The van der Waals surface area contributed by atoms with Crippen molar-refractivity contribution < 1.29 is 19.0 Å². The fourth-order valence-corrected chi connectivity index (χ4v) is 6.57. The van der Waals surface area contributed by atoms with E-state index >= 15 is 0 Å².